The van der Waals surface area contributed by atoms with Crippen LogP contribution in [0.4, 0.5) is 0 Å². The van der Waals surface area contributed by atoms with Crippen LogP contribution in [0.15, 0.2) is 48.5 Å². The van der Waals surface area contributed by atoms with Crippen molar-refractivity contribution in [3.8, 4) is 0 Å². The van der Waals surface area contributed by atoms with Crippen molar-refractivity contribution >= 4 is 22.3 Å². The van der Waals surface area contributed by atoms with E-state index in [0.717, 1.165) is 12.8 Å². The summed E-state index contributed by atoms with van der Waals surface area (Å²) >= 11 is 0. The second-order valence-electron chi connectivity index (χ2n) is 5.07. The lowest BCUT2D eigenvalue weighted by molar-refractivity contribution is -0.141. The predicted molar refractivity (Wildman–Crippen MR) is 76.9 cm³/mol. The van der Waals surface area contributed by atoms with E-state index in [-0.39, 0.29) is 5.92 Å². The zero-order valence-corrected chi connectivity index (χ0v) is 10.7. The van der Waals surface area contributed by atoms with E-state index in [4.69, 9.17) is 5.11 Å². The monoisotopic (exact) mass is 252 g/mol. The molecule has 0 amide bonds. The molecule has 96 valence electrons. The molecule has 2 aromatic carbocycles. The molecule has 0 saturated carbocycles. The number of carbonyl (C=O) groups is 1. The Balaban J connectivity index is 2.00. The van der Waals surface area contributed by atoms with Gasteiger partial charge in [-0.3, -0.25) is 4.79 Å². The molecule has 0 aliphatic heterocycles. The summed E-state index contributed by atoms with van der Waals surface area (Å²) in [7, 11) is 0. The van der Waals surface area contributed by atoms with Crippen molar-refractivity contribution in [1.82, 2.24) is 0 Å². The van der Waals surface area contributed by atoms with Crippen molar-refractivity contribution in [2.45, 2.75) is 19.3 Å². The molecule has 1 aliphatic rings. The van der Waals surface area contributed by atoms with E-state index in [1.165, 1.54) is 21.9 Å². The lowest BCUT2D eigenvalue weighted by Gasteiger charge is -2.19. The summed E-state index contributed by atoms with van der Waals surface area (Å²) in [5.41, 5.74) is 2.54. The smallest absolute Gasteiger partial charge is 0.306 e. The molecule has 1 N–H and O–H groups in total. The number of hydrogen-bond acceptors (Lipinski definition) is 1. The fraction of sp³-hybridized carbons (Fsp3) is 0.235. The van der Waals surface area contributed by atoms with E-state index in [2.05, 4.69) is 42.5 Å². The molecule has 0 aromatic heterocycles. The van der Waals surface area contributed by atoms with E-state index in [1.54, 1.807) is 0 Å². The van der Waals surface area contributed by atoms with Gasteiger partial charge >= 0.3 is 5.97 Å². The minimum atomic E-state index is -0.673. The minimum absolute atomic E-state index is 0.210. The third-order valence-corrected chi connectivity index (χ3v) is 3.90. The number of benzene rings is 2. The second kappa shape index (κ2) is 4.88. The van der Waals surface area contributed by atoms with Crippen LogP contribution in [0.2, 0.25) is 0 Å². The summed E-state index contributed by atoms with van der Waals surface area (Å²) in [4.78, 5) is 11.0. The number of carboxylic acid groups (broad SMARTS) is 1. The third kappa shape index (κ3) is 2.26. The van der Waals surface area contributed by atoms with Crippen LogP contribution in [0.25, 0.3) is 16.3 Å². The Kier molecular flexibility index (Phi) is 3.08. The van der Waals surface area contributed by atoms with Gasteiger partial charge in [0.25, 0.3) is 0 Å². The maximum atomic E-state index is 11.0. The average molecular weight is 252 g/mol. The van der Waals surface area contributed by atoms with Crippen LogP contribution in [0.5, 0.6) is 0 Å². The van der Waals surface area contributed by atoms with Gasteiger partial charge in [0.2, 0.25) is 0 Å². The first-order chi connectivity index (χ1) is 9.25. The van der Waals surface area contributed by atoms with E-state index >= 15 is 0 Å². The Labute approximate surface area is 112 Å². The molecule has 19 heavy (non-hydrogen) atoms. The lowest BCUT2D eigenvalue weighted by Crippen LogP contribution is -2.15. The highest BCUT2D eigenvalue weighted by molar-refractivity contribution is 5.94. The van der Waals surface area contributed by atoms with Crippen molar-refractivity contribution in [1.29, 1.82) is 0 Å². The second-order valence-corrected chi connectivity index (χ2v) is 5.07. The molecule has 0 bridgehead atoms. The molecule has 0 saturated heterocycles. The van der Waals surface area contributed by atoms with Gasteiger partial charge in [-0.15, -0.1) is 0 Å². The van der Waals surface area contributed by atoms with Gasteiger partial charge in [-0.2, -0.15) is 0 Å². The summed E-state index contributed by atoms with van der Waals surface area (Å²) in [6, 6.07) is 14.7. The van der Waals surface area contributed by atoms with Crippen LogP contribution in [0.1, 0.15) is 24.8 Å². The minimum Gasteiger partial charge on any atom is -0.481 e. The SMILES string of the molecule is O=C(O)[C@@H]1CC=C(c2cccc3ccccc23)CC1. The first-order valence-electron chi connectivity index (χ1n) is 6.65. The van der Waals surface area contributed by atoms with Gasteiger partial charge in [0.15, 0.2) is 0 Å². The molecular formula is C17H16O2. The predicted octanol–water partition coefficient (Wildman–Crippen LogP) is 4.11. The van der Waals surface area contributed by atoms with Crippen molar-refractivity contribution in [2.24, 2.45) is 5.92 Å². The standard InChI is InChI=1S/C17H16O2/c18-17(19)14-10-8-13(9-11-14)16-7-3-5-12-4-1-2-6-15(12)16/h1-8,14H,9-11H2,(H,18,19)/t14-/m1/s1. The number of aliphatic carboxylic acids is 1. The van der Waals surface area contributed by atoms with Gasteiger partial charge in [-0.1, -0.05) is 48.5 Å². The fourth-order valence-electron chi connectivity index (χ4n) is 2.81. The Bertz CT molecular complexity index is 650. The normalized spacial score (nSPS) is 19.2. The largest absolute Gasteiger partial charge is 0.481 e. The molecule has 2 heteroatoms. The van der Waals surface area contributed by atoms with Crippen LogP contribution in [0, 0.1) is 5.92 Å². The zero-order valence-electron chi connectivity index (χ0n) is 10.7. The van der Waals surface area contributed by atoms with Crippen LogP contribution >= 0.6 is 0 Å². The molecule has 0 fully saturated rings. The highest BCUT2D eigenvalue weighted by atomic mass is 16.4. The molecule has 2 aromatic rings. The molecule has 1 aliphatic carbocycles. The number of rotatable bonds is 2. The Morgan fingerprint density at radius 2 is 1.89 bits per heavy atom. The third-order valence-electron chi connectivity index (χ3n) is 3.90. The molecule has 2 nitrogen and oxygen atoms in total. The van der Waals surface area contributed by atoms with Gasteiger partial charge < -0.3 is 5.11 Å². The van der Waals surface area contributed by atoms with E-state index < -0.39 is 5.97 Å². The average Bonchev–Trinajstić information content (AvgIpc) is 2.47. The van der Waals surface area contributed by atoms with Gasteiger partial charge in [0.05, 0.1) is 5.92 Å². The van der Waals surface area contributed by atoms with Gasteiger partial charge in [-0.25, -0.2) is 0 Å². The van der Waals surface area contributed by atoms with Crippen LogP contribution in [0.3, 0.4) is 0 Å². The number of fused-ring (bicyclic) bond motifs is 1. The summed E-state index contributed by atoms with van der Waals surface area (Å²) in [6.45, 7) is 0. The lowest BCUT2D eigenvalue weighted by atomic mass is 9.85. The summed E-state index contributed by atoms with van der Waals surface area (Å²) in [5.74, 6) is -0.882. The molecule has 1 atom stereocenters. The zero-order chi connectivity index (χ0) is 13.2. The topological polar surface area (TPSA) is 37.3 Å². The van der Waals surface area contributed by atoms with Gasteiger partial charge in [0.1, 0.15) is 0 Å². The molecular weight excluding hydrogens is 236 g/mol. The van der Waals surface area contributed by atoms with Crippen molar-refractivity contribution in [2.75, 3.05) is 0 Å². The van der Waals surface area contributed by atoms with E-state index in [0.29, 0.717) is 6.42 Å². The van der Waals surface area contributed by atoms with Crippen LogP contribution in [-0.4, -0.2) is 11.1 Å². The highest BCUT2D eigenvalue weighted by Crippen LogP contribution is 2.33. The molecule has 0 heterocycles. The summed E-state index contributed by atoms with van der Waals surface area (Å²) in [6.07, 6.45) is 4.34. The highest BCUT2D eigenvalue weighted by Gasteiger charge is 2.21. The van der Waals surface area contributed by atoms with Crippen LogP contribution < -0.4 is 0 Å². The Hall–Kier alpha value is -2.09. The Morgan fingerprint density at radius 1 is 1.11 bits per heavy atom. The number of hydrogen-bond donors (Lipinski definition) is 1. The van der Waals surface area contributed by atoms with Gasteiger partial charge in [0, 0.05) is 0 Å². The number of carboxylic acids is 1. The molecule has 0 unspecified atom stereocenters. The maximum absolute atomic E-state index is 11.0. The van der Waals surface area contributed by atoms with E-state index in [9.17, 15) is 4.79 Å². The molecule has 3 rings (SSSR count). The number of allylic oxidation sites excluding steroid dienone is 2. The first-order valence-corrected chi connectivity index (χ1v) is 6.65. The fourth-order valence-corrected chi connectivity index (χ4v) is 2.81. The molecule has 0 radical (unpaired) electrons. The summed E-state index contributed by atoms with van der Waals surface area (Å²) in [5, 5.41) is 11.5. The maximum Gasteiger partial charge on any atom is 0.306 e. The summed E-state index contributed by atoms with van der Waals surface area (Å²) < 4.78 is 0. The Morgan fingerprint density at radius 3 is 2.63 bits per heavy atom. The van der Waals surface area contributed by atoms with Crippen LogP contribution in [-0.2, 0) is 4.79 Å². The van der Waals surface area contributed by atoms with Crippen molar-refractivity contribution in [3.05, 3.63) is 54.1 Å². The van der Waals surface area contributed by atoms with Crippen molar-refractivity contribution < 1.29 is 9.90 Å². The van der Waals surface area contributed by atoms with Gasteiger partial charge in [-0.05, 0) is 41.2 Å². The molecule has 0 spiro atoms. The quantitative estimate of drug-likeness (QED) is 0.873. The van der Waals surface area contributed by atoms with E-state index in [1.807, 2.05) is 6.07 Å². The first kappa shape index (κ1) is 12.0. The van der Waals surface area contributed by atoms with Crippen molar-refractivity contribution in [3.63, 3.8) is 0 Å².